The summed E-state index contributed by atoms with van der Waals surface area (Å²) in [7, 11) is -2.58. The highest BCUT2D eigenvalue weighted by atomic mass is 35.5. The first-order valence-corrected chi connectivity index (χ1v) is 15.8. The number of rotatable bonds is 12. The van der Waals surface area contributed by atoms with E-state index in [0.29, 0.717) is 23.1 Å². The van der Waals surface area contributed by atoms with Gasteiger partial charge in [0.2, 0.25) is 0 Å². The summed E-state index contributed by atoms with van der Waals surface area (Å²) in [6, 6.07) is 36.5. The molecule has 5 rings (SSSR count). The quantitative estimate of drug-likeness (QED) is 0.116. The Labute approximate surface area is 267 Å². The van der Waals surface area contributed by atoms with Crippen LogP contribution in [0.3, 0.4) is 0 Å². The number of hydrogen-bond donors (Lipinski definition) is 1. The molecule has 10 heteroatoms. The Bertz CT molecular complexity index is 1880. The van der Waals surface area contributed by atoms with Crippen molar-refractivity contribution in [2.75, 3.05) is 11.4 Å². The second-order valence-corrected chi connectivity index (χ2v) is 12.1. The van der Waals surface area contributed by atoms with Gasteiger partial charge in [0.05, 0.1) is 36.0 Å². The van der Waals surface area contributed by atoms with Crippen molar-refractivity contribution in [1.29, 1.82) is 0 Å². The molecule has 0 aliphatic rings. The molecule has 0 heterocycles. The molecule has 0 unspecified atom stereocenters. The first kappa shape index (κ1) is 31.3. The maximum absolute atomic E-state index is 14.0. The third kappa shape index (κ3) is 7.89. The van der Waals surface area contributed by atoms with Gasteiger partial charge in [0.15, 0.2) is 0 Å². The SMILES string of the molecule is COc1ccc(S(=O)(=O)N(Cc2ccccc2)c2ccccc2C(=O)N/N=C/c2ccc(OCc3ccccc3Cl)cc2)cc1. The number of benzene rings is 5. The summed E-state index contributed by atoms with van der Waals surface area (Å²) >= 11 is 6.20. The molecule has 0 spiro atoms. The van der Waals surface area contributed by atoms with Crippen molar-refractivity contribution in [3.8, 4) is 11.5 Å². The lowest BCUT2D eigenvalue weighted by molar-refractivity contribution is 0.0955. The number of carbonyl (C=O) groups is 1. The van der Waals surface area contributed by atoms with Crippen molar-refractivity contribution in [2.45, 2.75) is 18.0 Å². The molecule has 8 nitrogen and oxygen atoms in total. The molecule has 0 bridgehead atoms. The van der Waals surface area contributed by atoms with Crippen molar-refractivity contribution in [2.24, 2.45) is 5.10 Å². The summed E-state index contributed by atoms with van der Waals surface area (Å²) in [5, 5.41) is 4.75. The van der Waals surface area contributed by atoms with Gasteiger partial charge in [0.25, 0.3) is 15.9 Å². The van der Waals surface area contributed by atoms with Crippen LogP contribution in [-0.4, -0.2) is 27.6 Å². The van der Waals surface area contributed by atoms with Crippen molar-refractivity contribution < 1.29 is 22.7 Å². The lowest BCUT2D eigenvalue weighted by atomic mass is 10.1. The Balaban J connectivity index is 1.34. The number of hydrogen-bond acceptors (Lipinski definition) is 6. The molecule has 5 aromatic rings. The molecule has 0 aliphatic carbocycles. The van der Waals surface area contributed by atoms with Gasteiger partial charge in [-0.3, -0.25) is 9.10 Å². The summed E-state index contributed by atoms with van der Waals surface area (Å²) in [4.78, 5) is 13.4. The number of methoxy groups -OCH3 is 1. The van der Waals surface area contributed by atoms with Crippen LogP contribution in [0.4, 0.5) is 5.69 Å². The van der Waals surface area contributed by atoms with Gasteiger partial charge in [-0.25, -0.2) is 13.8 Å². The Kier molecular flexibility index (Phi) is 10.1. The second kappa shape index (κ2) is 14.6. The van der Waals surface area contributed by atoms with Gasteiger partial charge in [0.1, 0.15) is 18.1 Å². The molecule has 0 fully saturated rings. The van der Waals surface area contributed by atoms with Crippen LogP contribution in [0.25, 0.3) is 0 Å². The molecule has 1 N–H and O–H groups in total. The van der Waals surface area contributed by atoms with E-state index in [4.69, 9.17) is 21.1 Å². The van der Waals surface area contributed by atoms with E-state index in [0.717, 1.165) is 16.7 Å². The standard InChI is InChI=1S/C35H30ClN3O5S/c1-43-29-19-21-31(22-20-29)45(41,42)39(24-27-9-3-2-4-10-27)34-14-8-6-12-32(34)35(40)38-37-23-26-15-17-30(18-16-26)44-25-28-11-5-7-13-33(28)36/h2-23H,24-25H2,1H3,(H,38,40)/b37-23+. The Morgan fingerprint density at radius 3 is 2.18 bits per heavy atom. The van der Waals surface area contributed by atoms with Gasteiger partial charge in [-0.15, -0.1) is 0 Å². The normalized spacial score (nSPS) is 11.2. The van der Waals surface area contributed by atoms with E-state index >= 15 is 0 Å². The molecule has 0 aliphatic heterocycles. The maximum Gasteiger partial charge on any atom is 0.273 e. The maximum atomic E-state index is 14.0. The van der Waals surface area contributed by atoms with Crippen LogP contribution >= 0.6 is 11.6 Å². The van der Waals surface area contributed by atoms with E-state index < -0.39 is 15.9 Å². The van der Waals surface area contributed by atoms with Gasteiger partial charge in [-0.2, -0.15) is 5.10 Å². The summed E-state index contributed by atoms with van der Waals surface area (Å²) in [6.45, 7) is 0.339. The van der Waals surface area contributed by atoms with Crippen LogP contribution in [0, 0.1) is 0 Å². The molecule has 5 aromatic carbocycles. The number of ether oxygens (including phenoxy) is 2. The van der Waals surface area contributed by atoms with Gasteiger partial charge in [-0.1, -0.05) is 72.3 Å². The molecule has 228 valence electrons. The largest absolute Gasteiger partial charge is 0.497 e. The monoisotopic (exact) mass is 639 g/mol. The number of halogens is 1. The first-order valence-electron chi connectivity index (χ1n) is 13.9. The molecule has 0 atom stereocenters. The minimum atomic E-state index is -4.09. The summed E-state index contributed by atoms with van der Waals surface area (Å²) in [5.74, 6) is 0.617. The van der Waals surface area contributed by atoms with E-state index in [-0.39, 0.29) is 22.7 Å². The van der Waals surface area contributed by atoms with Crippen LogP contribution in [0.5, 0.6) is 11.5 Å². The number of nitrogens with one attached hydrogen (secondary N) is 1. The molecular weight excluding hydrogens is 610 g/mol. The minimum Gasteiger partial charge on any atom is -0.497 e. The highest BCUT2D eigenvalue weighted by Crippen LogP contribution is 2.30. The van der Waals surface area contributed by atoms with Gasteiger partial charge in [0, 0.05) is 10.6 Å². The zero-order valence-corrected chi connectivity index (χ0v) is 25.9. The predicted molar refractivity (Wildman–Crippen MR) is 177 cm³/mol. The molecule has 0 saturated carbocycles. The van der Waals surface area contributed by atoms with E-state index in [1.165, 1.54) is 29.8 Å². The van der Waals surface area contributed by atoms with Crippen LogP contribution in [0.15, 0.2) is 137 Å². The van der Waals surface area contributed by atoms with Crippen molar-refractivity contribution in [1.82, 2.24) is 5.43 Å². The fourth-order valence-corrected chi connectivity index (χ4v) is 6.12. The zero-order chi connectivity index (χ0) is 31.6. The Morgan fingerprint density at radius 1 is 0.822 bits per heavy atom. The van der Waals surface area contributed by atoms with Crippen molar-refractivity contribution in [3.63, 3.8) is 0 Å². The highest BCUT2D eigenvalue weighted by Gasteiger charge is 2.28. The summed E-state index contributed by atoms with van der Waals surface area (Å²) in [6.07, 6.45) is 1.49. The van der Waals surface area contributed by atoms with E-state index in [9.17, 15) is 13.2 Å². The molecular formula is C35H30ClN3O5S. The van der Waals surface area contributed by atoms with Crippen LogP contribution < -0.4 is 19.2 Å². The van der Waals surface area contributed by atoms with Gasteiger partial charge < -0.3 is 9.47 Å². The lowest BCUT2D eigenvalue weighted by Crippen LogP contribution is -2.33. The average Bonchev–Trinajstić information content (AvgIpc) is 3.08. The first-order chi connectivity index (χ1) is 21.8. The van der Waals surface area contributed by atoms with Crippen LogP contribution in [-0.2, 0) is 23.2 Å². The molecule has 45 heavy (non-hydrogen) atoms. The molecule has 0 saturated heterocycles. The third-order valence-electron chi connectivity index (χ3n) is 6.85. The van der Waals surface area contributed by atoms with Gasteiger partial charge in [-0.05, 0) is 77.9 Å². The zero-order valence-electron chi connectivity index (χ0n) is 24.3. The highest BCUT2D eigenvalue weighted by molar-refractivity contribution is 7.92. The second-order valence-electron chi connectivity index (χ2n) is 9.84. The van der Waals surface area contributed by atoms with Crippen molar-refractivity contribution in [3.05, 3.63) is 155 Å². The summed E-state index contributed by atoms with van der Waals surface area (Å²) in [5.41, 5.74) is 5.24. The topological polar surface area (TPSA) is 97.3 Å². The minimum absolute atomic E-state index is 0.00760. The Hall–Kier alpha value is -5.12. The summed E-state index contributed by atoms with van der Waals surface area (Å²) < 4.78 is 40.2. The van der Waals surface area contributed by atoms with E-state index in [1.807, 2.05) is 54.6 Å². The number of nitrogens with zero attached hydrogens (tertiary/aromatic N) is 2. The lowest BCUT2D eigenvalue weighted by Gasteiger charge is -2.26. The van der Waals surface area contributed by atoms with E-state index in [2.05, 4.69) is 10.5 Å². The van der Waals surface area contributed by atoms with Crippen molar-refractivity contribution >= 4 is 39.4 Å². The number of carbonyl (C=O) groups excluding carboxylic acids is 1. The van der Waals surface area contributed by atoms with Crippen LogP contribution in [0.1, 0.15) is 27.0 Å². The molecule has 1 amide bonds. The number of para-hydroxylation sites is 1. The molecule has 0 radical (unpaired) electrons. The average molecular weight is 640 g/mol. The van der Waals surface area contributed by atoms with Crippen LogP contribution in [0.2, 0.25) is 5.02 Å². The van der Waals surface area contributed by atoms with Gasteiger partial charge >= 0.3 is 0 Å². The number of sulfonamides is 1. The fraction of sp³-hybridized carbons (Fsp3) is 0.0857. The smallest absolute Gasteiger partial charge is 0.273 e. The number of anilines is 1. The fourth-order valence-electron chi connectivity index (χ4n) is 4.46. The molecule has 0 aromatic heterocycles. The predicted octanol–water partition coefficient (Wildman–Crippen LogP) is 7.09. The third-order valence-corrected chi connectivity index (χ3v) is 8.99. The van der Waals surface area contributed by atoms with E-state index in [1.54, 1.807) is 60.7 Å². The Morgan fingerprint density at radius 2 is 1.47 bits per heavy atom. The number of amides is 1. The number of hydrazone groups is 1.